The highest BCUT2D eigenvalue weighted by molar-refractivity contribution is 5.73. The van der Waals surface area contributed by atoms with Gasteiger partial charge in [0.05, 0.1) is 18.8 Å². The molecule has 2 aromatic rings. The summed E-state index contributed by atoms with van der Waals surface area (Å²) in [5.74, 6) is 0.788. The van der Waals surface area contributed by atoms with Gasteiger partial charge in [-0.3, -0.25) is 0 Å². The molecule has 0 aliphatic rings. The number of rotatable bonds is 6. The summed E-state index contributed by atoms with van der Waals surface area (Å²) in [5, 5.41) is 5.45. The summed E-state index contributed by atoms with van der Waals surface area (Å²) in [5.41, 5.74) is 1.65. The second kappa shape index (κ2) is 7.84. The lowest BCUT2D eigenvalue weighted by Gasteiger charge is -2.09. The van der Waals surface area contributed by atoms with Gasteiger partial charge in [0.25, 0.3) is 0 Å². The van der Waals surface area contributed by atoms with Gasteiger partial charge >= 0.3 is 6.03 Å². The standard InChI is InChI=1S/C15H18N4O2/c1-12-9-13(19-11-18-12)10-17-15(20)16-7-8-21-14-5-3-2-4-6-14/h2-6,9,11H,7-8,10H2,1H3,(H2,16,17,20). The molecule has 0 saturated carbocycles. The Bertz CT molecular complexity index is 575. The molecule has 2 rings (SSSR count). The van der Waals surface area contributed by atoms with Gasteiger partial charge in [-0.1, -0.05) is 18.2 Å². The van der Waals surface area contributed by atoms with E-state index in [1.807, 2.05) is 43.3 Å². The number of carbonyl (C=O) groups is 1. The normalized spacial score (nSPS) is 9.95. The van der Waals surface area contributed by atoms with Crippen molar-refractivity contribution in [3.8, 4) is 5.75 Å². The Morgan fingerprint density at radius 1 is 1.19 bits per heavy atom. The summed E-state index contributed by atoms with van der Waals surface area (Å²) < 4.78 is 5.47. The van der Waals surface area contributed by atoms with E-state index in [4.69, 9.17) is 4.74 Å². The zero-order chi connectivity index (χ0) is 14.9. The summed E-state index contributed by atoms with van der Waals surface area (Å²) in [4.78, 5) is 19.7. The van der Waals surface area contributed by atoms with Gasteiger partial charge in [-0.2, -0.15) is 0 Å². The molecule has 0 atom stereocenters. The molecular weight excluding hydrogens is 268 g/mol. The van der Waals surface area contributed by atoms with E-state index >= 15 is 0 Å². The fourth-order valence-corrected chi connectivity index (χ4v) is 1.69. The Balaban J connectivity index is 1.62. The summed E-state index contributed by atoms with van der Waals surface area (Å²) in [7, 11) is 0. The lowest BCUT2D eigenvalue weighted by atomic mass is 10.3. The van der Waals surface area contributed by atoms with Crippen LogP contribution in [0.4, 0.5) is 4.79 Å². The predicted octanol–water partition coefficient (Wildman–Crippen LogP) is 1.66. The molecule has 0 bridgehead atoms. The second-order valence-corrected chi connectivity index (χ2v) is 4.42. The van der Waals surface area contributed by atoms with Crippen molar-refractivity contribution in [3.63, 3.8) is 0 Å². The molecule has 0 saturated heterocycles. The molecule has 21 heavy (non-hydrogen) atoms. The van der Waals surface area contributed by atoms with Crippen LogP contribution in [0.25, 0.3) is 0 Å². The molecular formula is C15H18N4O2. The maximum absolute atomic E-state index is 11.6. The number of amides is 2. The zero-order valence-electron chi connectivity index (χ0n) is 11.9. The monoisotopic (exact) mass is 286 g/mol. The lowest BCUT2D eigenvalue weighted by molar-refractivity contribution is 0.236. The third kappa shape index (κ3) is 5.48. The minimum atomic E-state index is -0.247. The zero-order valence-corrected chi connectivity index (χ0v) is 11.9. The van der Waals surface area contributed by atoms with Gasteiger partial charge in [0.15, 0.2) is 0 Å². The number of hydrogen-bond donors (Lipinski definition) is 2. The first-order valence-corrected chi connectivity index (χ1v) is 6.71. The number of aromatic nitrogens is 2. The van der Waals surface area contributed by atoms with Crippen molar-refractivity contribution in [2.45, 2.75) is 13.5 Å². The summed E-state index contributed by atoms with van der Waals surface area (Å²) >= 11 is 0. The van der Waals surface area contributed by atoms with Crippen LogP contribution < -0.4 is 15.4 Å². The molecule has 1 heterocycles. The molecule has 6 heteroatoms. The number of hydrogen-bond acceptors (Lipinski definition) is 4. The number of nitrogens with one attached hydrogen (secondary N) is 2. The van der Waals surface area contributed by atoms with Gasteiger partial charge in [-0.05, 0) is 25.1 Å². The van der Waals surface area contributed by atoms with Gasteiger partial charge in [0, 0.05) is 5.69 Å². The van der Waals surface area contributed by atoms with Crippen LogP contribution >= 0.6 is 0 Å². The highest BCUT2D eigenvalue weighted by Gasteiger charge is 2.01. The molecule has 6 nitrogen and oxygen atoms in total. The Kier molecular flexibility index (Phi) is 5.51. The van der Waals surface area contributed by atoms with Crippen LogP contribution in [0.3, 0.4) is 0 Å². The highest BCUT2D eigenvalue weighted by atomic mass is 16.5. The maximum atomic E-state index is 11.6. The van der Waals surface area contributed by atoms with Crippen molar-refractivity contribution >= 4 is 6.03 Å². The minimum absolute atomic E-state index is 0.247. The number of aryl methyl sites for hydroxylation is 1. The largest absolute Gasteiger partial charge is 0.492 e. The van der Waals surface area contributed by atoms with Gasteiger partial charge in [0.1, 0.15) is 18.7 Å². The second-order valence-electron chi connectivity index (χ2n) is 4.42. The average Bonchev–Trinajstić information content (AvgIpc) is 2.51. The first-order valence-electron chi connectivity index (χ1n) is 6.71. The summed E-state index contributed by atoms with van der Waals surface area (Å²) in [6.45, 7) is 3.11. The highest BCUT2D eigenvalue weighted by Crippen LogP contribution is 2.07. The van der Waals surface area contributed by atoms with E-state index in [0.29, 0.717) is 19.7 Å². The topological polar surface area (TPSA) is 76.1 Å². The molecule has 0 radical (unpaired) electrons. The van der Waals surface area contributed by atoms with Crippen LogP contribution in [0, 0.1) is 6.92 Å². The molecule has 110 valence electrons. The summed E-state index contributed by atoms with van der Waals surface area (Å²) in [6, 6.07) is 11.1. The Hall–Kier alpha value is -2.63. The van der Waals surface area contributed by atoms with Crippen LogP contribution in [0.2, 0.25) is 0 Å². The number of nitrogens with zero attached hydrogens (tertiary/aromatic N) is 2. The molecule has 0 aliphatic heterocycles. The van der Waals surface area contributed by atoms with Crippen LogP contribution in [-0.4, -0.2) is 29.2 Å². The molecule has 0 unspecified atom stereocenters. The molecule has 1 aromatic carbocycles. The van der Waals surface area contributed by atoms with Crippen molar-refractivity contribution in [2.75, 3.05) is 13.2 Å². The molecule has 1 aromatic heterocycles. The molecule has 0 fully saturated rings. The number of urea groups is 1. The van der Waals surface area contributed by atoms with E-state index in [-0.39, 0.29) is 6.03 Å². The first-order chi connectivity index (χ1) is 10.2. The average molecular weight is 286 g/mol. The molecule has 2 N–H and O–H groups in total. The number of para-hydroxylation sites is 1. The third-order valence-corrected chi connectivity index (χ3v) is 2.69. The maximum Gasteiger partial charge on any atom is 0.315 e. The Labute approximate surface area is 123 Å². The number of carbonyl (C=O) groups excluding carboxylic acids is 1. The molecule has 2 amide bonds. The van der Waals surface area contributed by atoms with E-state index in [9.17, 15) is 4.79 Å². The molecule has 0 spiro atoms. The fourth-order valence-electron chi connectivity index (χ4n) is 1.69. The first kappa shape index (κ1) is 14.8. The predicted molar refractivity (Wildman–Crippen MR) is 78.9 cm³/mol. The Morgan fingerprint density at radius 3 is 2.76 bits per heavy atom. The van der Waals surface area contributed by atoms with Gasteiger partial charge in [0.2, 0.25) is 0 Å². The van der Waals surface area contributed by atoms with Crippen LogP contribution in [0.1, 0.15) is 11.4 Å². The van der Waals surface area contributed by atoms with E-state index < -0.39 is 0 Å². The third-order valence-electron chi connectivity index (χ3n) is 2.69. The van der Waals surface area contributed by atoms with Crippen molar-refractivity contribution in [3.05, 3.63) is 54.1 Å². The molecule has 0 aliphatic carbocycles. The van der Waals surface area contributed by atoms with E-state index in [1.165, 1.54) is 6.33 Å². The van der Waals surface area contributed by atoms with Crippen LogP contribution in [0.15, 0.2) is 42.7 Å². The fraction of sp³-hybridized carbons (Fsp3) is 0.267. The van der Waals surface area contributed by atoms with Crippen LogP contribution in [-0.2, 0) is 6.54 Å². The van der Waals surface area contributed by atoms with Gasteiger partial charge < -0.3 is 15.4 Å². The quantitative estimate of drug-likeness (QED) is 0.792. The van der Waals surface area contributed by atoms with Crippen molar-refractivity contribution in [1.29, 1.82) is 0 Å². The Morgan fingerprint density at radius 2 is 2.00 bits per heavy atom. The van der Waals surface area contributed by atoms with E-state index in [0.717, 1.165) is 17.1 Å². The van der Waals surface area contributed by atoms with Crippen molar-refractivity contribution in [2.24, 2.45) is 0 Å². The number of ether oxygens (including phenoxy) is 1. The summed E-state index contributed by atoms with van der Waals surface area (Å²) in [6.07, 6.45) is 1.48. The van der Waals surface area contributed by atoms with Crippen molar-refractivity contribution < 1.29 is 9.53 Å². The smallest absolute Gasteiger partial charge is 0.315 e. The lowest BCUT2D eigenvalue weighted by Crippen LogP contribution is -2.37. The minimum Gasteiger partial charge on any atom is -0.492 e. The van der Waals surface area contributed by atoms with Crippen molar-refractivity contribution in [1.82, 2.24) is 20.6 Å². The SMILES string of the molecule is Cc1cc(CNC(=O)NCCOc2ccccc2)ncn1. The van der Waals surface area contributed by atoms with Gasteiger partial charge in [-0.25, -0.2) is 14.8 Å². The van der Waals surface area contributed by atoms with Crippen LogP contribution in [0.5, 0.6) is 5.75 Å². The van der Waals surface area contributed by atoms with E-state index in [1.54, 1.807) is 0 Å². The number of benzene rings is 1. The van der Waals surface area contributed by atoms with Gasteiger partial charge in [-0.15, -0.1) is 0 Å². The van der Waals surface area contributed by atoms with E-state index in [2.05, 4.69) is 20.6 Å².